The molecule has 10 aromatic carbocycles. The Morgan fingerprint density at radius 2 is 0.857 bits per heavy atom. The molecule has 0 bridgehead atoms. The van der Waals surface area contributed by atoms with Crippen molar-refractivity contribution in [2.45, 2.75) is 0 Å². The maximum absolute atomic E-state index is 6.35. The Labute approximate surface area is 358 Å². The topological polar surface area (TPSA) is 69.9 Å². The average molecular weight is 805 g/mol. The zero-order valence-electron chi connectivity index (χ0n) is 33.6. The van der Waals surface area contributed by atoms with Crippen LogP contribution in [-0.2, 0) is 0 Å². The molecule has 0 unspecified atom stereocenters. The summed E-state index contributed by atoms with van der Waals surface area (Å²) < 4.78 is 15.1. The molecule has 0 aliphatic carbocycles. The summed E-state index contributed by atoms with van der Waals surface area (Å²) in [5.74, 6) is 1.69. The average Bonchev–Trinajstić information content (AvgIpc) is 4.03. The van der Waals surface area contributed by atoms with Gasteiger partial charge in [0.05, 0.1) is 11.0 Å². The van der Waals surface area contributed by atoms with Crippen LogP contribution in [0.5, 0.6) is 0 Å². The maximum atomic E-state index is 6.35. The Balaban J connectivity index is 1.02. The fraction of sp³-hybridized carbons (Fsp3) is 0. The van der Waals surface area contributed by atoms with Gasteiger partial charge in [0.15, 0.2) is 17.5 Å². The summed E-state index contributed by atoms with van der Waals surface area (Å²) in [5.41, 5.74) is 9.08. The largest absolute Gasteiger partial charge is 0.456 e. The Hall–Kier alpha value is -8.61. The van der Waals surface area contributed by atoms with Crippen LogP contribution in [0.3, 0.4) is 0 Å². The first kappa shape index (κ1) is 34.1. The Bertz CT molecular complexity index is 4100. The number of hydrogen-bond donors (Lipinski definition) is 0. The molecule has 4 heterocycles. The van der Waals surface area contributed by atoms with Gasteiger partial charge in [0.1, 0.15) is 22.3 Å². The van der Waals surface area contributed by atoms with Crippen molar-refractivity contribution in [2.75, 3.05) is 0 Å². The van der Waals surface area contributed by atoms with Crippen molar-refractivity contribution in [3.63, 3.8) is 0 Å². The van der Waals surface area contributed by atoms with Crippen LogP contribution in [0.4, 0.5) is 0 Å². The van der Waals surface area contributed by atoms with Gasteiger partial charge in [-0.1, -0.05) is 146 Å². The van der Waals surface area contributed by atoms with Crippen molar-refractivity contribution < 1.29 is 8.83 Å². The molecule has 0 spiro atoms. The van der Waals surface area contributed by atoms with Gasteiger partial charge < -0.3 is 13.4 Å². The standard InChI is InChI=1S/C57H32N4O2/c1-2-15-37-33(12-1)26-27-34-28-29-39-38(51(34)37)30-31-46-52(39)40-16-3-6-21-45(40)61(46)36-14-9-13-35(32-36)55-58-56(43-19-10-24-49-53(43)41-17-4-7-22-47(41)62-49)60-57(59-55)44-20-11-25-50-54(44)42-18-5-8-23-48(42)63-50/h1-32H. The lowest BCUT2D eigenvalue weighted by atomic mass is 9.94. The highest BCUT2D eigenvalue weighted by molar-refractivity contribution is 6.29. The number of para-hydroxylation sites is 3. The second-order valence-electron chi connectivity index (χ2n) is 16.3. The smallest absolute Gasteiger partial charge is 0.164 e. The molecule has 0 N–H and O–H groups in total. The lowest BCUT2D eigenvalue weighted by Crippen LogP contribution is -2.01. The summed E-state index contributed by atoms with van der Waals surface area (Å²) in [7, 11) is 0. The van der Waals surface area contributed by atoms with Gasteiger partial charge >= 0.3 is 0 Å². The minimum atomic E-state index is 0.561. The van der Waals surface area contributed by atoms with Gasteiger partial charge in [-0.15, -0.1) is 0 Å². The Morgan fingerprint density at radius 3 is 1.59 bits per heavy atom. The molecular weight excluding hydrogens is 773 g/mol. The summed E-state index contributed by atoms with van der Waals surface area (Å²) >= 11 is 0. The van der Waals surface area contributed by atoms with E-state index in [-0.39, 0.29) is 0 Å². The molecule has 14 aromatic rings. The van der Waals surface area contributed by atoms with Crippen LogP contribution < -0.4 is 0 Å². The summed E-state index contributed by atoms with van der Waals surface area (Å²) in [6.07, 6.45) is 0. The highest BCUT2D eigenvalue weighted by atomic mass is 16.3. The van der Waals surface area contributed by atoms with E-state index in [9.17, 15) is 0 Å². The van der Waals surface area contributed by atoms with Crippen molar-refractivity contribution in [3.05, 3.63) is 194 Å². The van der Waals surface area contributed by atoms with Crippen molar-refractivity contribution in [3.8, 4) is 39.9 Å². The summed E-state index contributed by atoms with van der Waals surface area (Å²) in [4.78, 5) is 15.9. The normalized spacial score (nSPS) is 12.1. The van der Waals surface area contributed by atoms with Crippen molar-refractivity contribution in [1.29, 1.82) is 0 Å². The van der Waals surface area contributed by atoms with Crippen LogP contribution in [0, 0.1) is 0 Å². The zero-order valence-corrected chi connectivity index (χ0v) is 33.6. The lowest BCUT2D eigenvalue weighted by Gasteiger charge is -2.13. The van der Waals surface area contributed by atoms with E-state index in [1.165, 1.54) is 43.1 Å². The number of rotatable bonds is 4. The fourth-order valence-electron chi connectivity index (χ4n) is 10.1. The van der Waals surface area contributed by atoms with E-state index in [0.717, 1.165) is 77.3 Å². The van der Waals surface area contributed by atoms with E-state index in [1.807, 2.05) is 60.7 Å². The van der Waals surface area contributed by atoms with E-state index in [0.29, 0.717) is 17.5 Å². The molecule has 0 amide bonds. The van der Waals surface area contributed by atoms with Gasteiger partial charge in [-0.05, 0) is 80.8 Å². The molecule has 6 nitrogen and oxygen atoms in total. The number of benzene rings is 10. The Morgan fingerprint density at radius 1 is 0.317 bits per heavy atom. The lowest BCUT2D eigenvalue weighted by molar-refractivity contribution is 0.668. The molecule has 292 valence electrons. The molecule has 0 aliphatic heterocycles. The molecular formula is C57H32N4O2. The molecule has 6 heteroatoms. The summed E-state index contributed by atoms with van der Waals surface area (Å²) in [6.45, 7) is 0. The molecule has 0 saturated heterocycles. The molecule has 0 fully saturated rings. The summed E-state index contributed by atoms with van der Waals surface area (Å²) in [6, 6.07) is 68.0. The van der Waals surface area contributed by atoms with E-state index >= 15 is 0 Å². The third-order valence-corrected chi connectivity index (χ3v) is 12.8. The number of nitrogens with zero attached hydrogens (tertiary/aromatic N) is 4. The highest BCUT2D eigenvalue weighted by Crippen LogP contribution is 2.43. The predicted octanol–water partition coefficient (Wildman–Crippen LogP) is 15.2. The van der Waals surface area contributed by atoms with Crippen molar-refractivity contribution >= 4 is 98.0 Å². The van der Waals surface area contributed by atoms with E-state index < -0.39 is 0 Å². The number of furan rings is 2. The molecule has 0 aliphatic rings. The van der Waals surface area contributed by atoms with E-state index in [2.05, 4.69) is 138 Å². The van der Waals surface area contributed by atoms with Gasteiger partial charge in [0.2, 0.25) is 0 Å². The van der Waals surface area contributed by atoms with Gasteiger partial charge in [0, 0.05) is 54.7 Å². The van der Waals surface area contributed by atoms with E-state index in [4.69, 9.17) is 23.8 Å². The summed E-state index contributed by atoms with van der Waals surface area (Å²) in [5, 5.41) is 13.9. The SMILES string of the molecule is c1cc(-c2nc(-c3cccc4oc5ccccc5c34)nc(-c3cccc4oc5ccccc5c34)n2)cc(-n2c3ccccc3c3c4ccc5ccc6ccccc6c5c4ccc32)c1. The highest BCUT2D eigenvalue weighted by Gasteiger charge is 2.22. The fourth-order valence-corrected chi connectivity index (χ4v) is 10.1. The minimum Gasteiger partial charge on any atom is -0.456 e. The zero-order chi connectivity index (χ0) is 41.2. The van der Waals surface area contributed by atoms with Crippen molar-refractivity contribution in [2.24, 2.45) is 0 Å². The Kier molecular flexibility index (Phi) is 7.02. The third kappa shape index (κ3) is 4.97. The molecule has 4 aromatic heterocycles. The van der Waals surface area contributed by atoms with Gasteiger partial charge in [0.25, 0.3) is 0 Å². The quantitative estimate of drug-likeness (QED) is 0.166. The molecule has 63 heavy (non-hydrogen) atoms. The first-order valence-corrected chi connectivity index (χ1v) is 21.2. The number of fused-ring (bicyclic) bond motifs is 15. The van der Waals surface area contributed by atoms with Crippen LogP contribution >= 0.6 is 0 Å². The molecule has 0 radical (unpaired) electrons. The van der Waals surface area contributed by atoms with Crippen LogP contribution in [0.25, 0.3) is 138 Å². The first-order valence-electron chi connectivity index (χ1n) is 21.2. The first-order chi connectivity index (χ1) is 31.2. The van der Waals surface area contributed by atoms with Gasteiger partial charge in [-0.2, -0.15) is 0 Å². The maximum Gasteiger partial charge on any atom is 0.164 e. The van der Waals surface area contributed by atoms with Gasteiger partial charge in [-0.25, -0.2) is 15.0 Å². The predicted molar refractivity (Wildman–Crippen MR) is 258 cm³/mol. The minimum absolute atomic E-state index is 0.561. The molecule has 0 atom stereocenters. The molecule has 0 saturated carbocycles. The van der Waals surface area contributed by atoms with Crippen LogP contribution in [-0.4, -0.2) is 19.5 Å². The second kappa shape index (κ2) is 12.9. The van der Waals surface area contributed by atoms with E-state index in [1.54, 1.807) is 0 Å². The number of aromatic nitrogens is 4. The number of hydrogen-bond acceptors (Lipinski definition) is 5. The second-order valence-corrected chi connectivity index (χ2v) is 16.3. The third-order valence-electron chi connectivity index (χ3n) is 12.8. The van der Waals surface area contributed by atoms with Crippen molar-refractivity contribution in [1.82, 2.24) is 19.5 Å². The van der Waals surface area contributed by atoms with Gasteiger partial charge in [-0.3, -0.25) is 0 Å². The molecule has 14 rings (SSSR count). The monoisotopic (exact) mass is 804 g/mol. The van der Waals surface area contributed by atoms with Crippen LogP contribution in [0.1, 0.15) is 0 Å². The van der Waals surface area contributed by atoms with Crippen LogP contribution in [0.15, 0.2) is 203 Å². The van der Waals surface area contributed by atoms with Crippen LogP contribution in [0.2, 0.25) is 0 Å².